The molecule has 0 N–H and O–H groups in total. The summed E-state index contributed by atoms with van der Waals surface area (Å²) in [5, 5.41) is 7.80. The summed E-state index contributed by atoms with van der Waals surface area (Å²) in [5.41, 5.74) is 1.87. The number of aryl methyl sites for hydroxylation is 1. The number of carbonyl (C=O) groups excluding carboxylic acids is 1. The molecular formula is C11H11N3O2. The van der Waals surface area contributed by atoms with E-state index in [2.05, 4.69) is 10.3 Å². The minimum atomic E-state index is -0.374. The highest BCUT2D eigenvalue weighted by Crippen LogP contribution is 2.21. The molecule has 0 aliphatic carbocycles. The Bertz CT molecular complexity index is 519. The van der Waals surface area contributed by atoms with Gasteiger partial charge in [-0.05, 0) is 6.07 Å². The monoisotopic (exact) mass is 217 g/mol. The summed E-state index contributed by atoms with van der Waals surface area (Å²) in [7, 11) is 3.13. The molecule has 5 heteroatoms. The molecule has 2 aromatic rings. The zero-order chi connectivity index (χ0) is 11.5. The average Bonchev–Trinajstić information content (AvgIpc) is 2.75. The first kappa shape index (κ1) is 10.4. The molecule has 16 heavy (non-hydrogen) atoms. The van der Waals surface area contributed by atoms with Crippen LogP contribution in [-0.2, 0) is 11.8 Å². The zero-order valence-electron chi connectivity index (χ0n) is 9.04. The van der Waals surface area contributed by atoms with Crippen LogP contribution >= 0.6 is 0 Å². The lowest BCUT2D eigenvalue weighted by molar-refractivity contribution is 0.0601. The van der Waals surface area contributed by atoms with E-state index in [4.69, 9.17) is 4.74 Å². The standard InChI is InChI=1S/C11H11N3O2/c1-14-7-10(12-13-14)8-5-3-4-6-9(8)11(15)16-2/h3-7H,1-2H3. The number of aromatic nitrogens is 3. The van der Waals surface area contributed by atoms with Crippen molar-refractivity contribution >= 4 is 5.97 Å². The number of methoxy groups -OCH3 is 1. The lowest BCUT2D eigenvalue weighted by Gasteiger charge is -2.03. The van der Waals surface area contributed by atoms with Crippen molar-refractivity contribution in [2.75, 3.05) is 7.11 Å². The second-order valence-corrected chi connectivity index (χ2v) is 3.31. The predicted molar refractivity (Wildman–Crippen MR) is 57.8 cm³/mol. The third kappa shape index (κ3) is 1.79. The minimum Gasteiger partial charge on any atom is -0.465 e. The third-order valence-corrected chi connectivity index (χ3v) is 2.21. The largest absolute Gasteiger partial charge is 0.465 e. The van der Waals surface area contributed by atoms with Gasteiger partial charge < -0.3 is 4.74 Å². The van der Waals surface area contributed by atoms with Crippen LogP contribution in [0.5, 0.6) is 0 Å². The van der Waals surface area contributed by atoms with Gasteiger partial charge in [0.1, 0.15) is 5.69 Å². The van der Waals surface area contributed by atoms with Gasteiger partial charge in [-0.2, -0.15) is 0 Å². The fourth-order valence-electron chi connectivity index (χ4n) is 1.47. The van der Waals surface area contributed by atoms with Crippen LogP contribution in [-0.4, -0.2) is 28.1 Å². The van der Waals surface area contributed by atoms with Gasteiger partial charge in [-0.25, -0.2) is 4.79 Å². The second-order valence-electron chi connectivity index (χ2n) is 3.31. The first-order valence-corrected chi connectivity index (χ1v) is 4.76. The highest BCUT2D eigenvalue weighted by Gasteiger charge is 2.14. The molecule has 0 unspecified atom stereocenters. The van der Waals surface area contributed by atoms with Gasteiger partial charge in [0.05, 0.1) is 18.9 Å². The Labute approximate surface area is 92.7 Å². The second kappa shape index (κ2) is 4.14. The maximum atomic E-state index is 11.5. The number of benzene rings is 1. The molecule has 1 aromatic heterocycles. The van der Waals surface area contributed by atoms with E-state index in [1.165, 1.54) is 7.11 Å². The number of nitrogens with zero attached hydrogens (tertiary/aromatic N) is 3. The molecule has 0 radical (unpaired) electrons. The van der Waals surface area contributed by atoms with Gasteiger partial charge >= 0.3 is 5.97 Å². The van der Waals surface area contributed by atoms with Crippen LogP contribution in [0.15, 0.2) is 30.5 Å². The molecule has 5 nitrogen and oxygen atoms in total. The molecule has 0 atom stereocenters. The van der Waals surface area contributed by atoms with E-state index in [0.717, 1.165) is 5.56 Å². The van der Waals surface area contributed by atoms with E-state index in [-0.39, 0.29) is 5.97 Å². The van der Waals surface area contributed by atoms with Crippen LogP contribution in [0.25, 0.3) is 11.3 Å². The normalized spacial score (nSPS) is 10.1. The highest BCUT2D eigenvalue weighted by atomic mass is 16.5. The summed E-state index contributed by atoms with van der Waals surface area (Å²) >= 11 is 0. The van der Waals surface area contributed by atoms with Gasteiger partial charge in [-0.1, -0.05) is 23.4 Å². The number of hydrogen-bond acceptors (Lipinski definition) is 4. The van der Waals surface area contributed by atoms with Gasteiger partial charge in [0.2, 0.25) is 0 Å². The molecule has 0 aliphatic rings. The summed E-state index contributed by atoms with van der Waals surface area (Å²) < 4.78 is 6.30. The van der Waals surface area contributed by atoms with Crippen molar-refractivity contribution in [3.8, 4) is 11.3 Å². The SMILES string of the molecule is COC(=O)c1ccccc1-c1cn(C)nn1. The van der Waals surface area contributed by atoms with Crippen molar-refractivity contribution in [1.29, 1.82) is 0 Å². The van der Waals surface area contributed by atoms with Crippen LogP contribution in [0, 0.1) is 0 Å². The van der Waals surface area contributed by atoms with E-state index in [9.17, 15) is 4.79 Å². The zero-order valence-corrected chi connectivity index (χ0v) is 9.04. The van der Waals surface area contributed by atoms with E-state index in [1.54, 1.807) is 30.1 Å². The molecule has 0 bridgehead atoms. The summed E-state index contributed by atoms with van der Waals surface area (Å²) in [6.45, 7) is 0. The van der Waals surface area contributed by atoms with Crippen molar-refractivity contribution in [2.45, 2.75) is 0 Å². The third-order valence-electron chi connectivity index (χ3n) is 2.21. The number of hydrogen-bond donors (Lipinski definition) is 0. The summed E-state index contributed by atoms with van der Waals surface area (Å²) in [5.74, 6) is -0.374. The Morgan fingerprint density at radius 1 is 1.38 bits per heavy atom. The summed E-state index contributed by atoms with van der Waals surface area (Å²) in [6, 6.07) is 7.15. The van der Waals surface area contributed by atoms with E-state index in [1.807, 2.05) is 12.1 Å². The fourth-order valence-corrected chi connectivity index (χ4v) is 1.47. The number of carbonyl (C=O) groups is 1. The van der Waals surface area contributed by atoms with Crippen molar-refractivity contribution in [2.24, 2.45) is 7.05 Å². The highest BCUT2D eigenvalue weighted by molar-refractivity contribution is 5.96. The maximum absolute atomic E-state index is 11.5. The van der Waals surface area contributed by atoms with E-state index < -0.39 is 0 Å². The molecule has 1 aromatic carbocycles. The molecule has 0 saturated heterocycles. The lowest BCUT2D eigenvalue weighted by Crippen LogP contribution is -2.03. The quantitative estimate of drug-likeness (QED) is 0.711. The molecule has 0 amide bonds. The number of esters is 1. The number of rotatable bonds is 2. The smallest absolute Gasteiger partial charge is 0.338 e. The van der Waals surface area contributed by atoms with Crippen LogP contribution in [0.4, 0.5) is 0 Å². The summed E-state index contributed by atoms with van der Waals surface area (Å²) in [4.78, 5) is 11.5. The van der Waals surface area contributed by atoms with Crippen molar-refractivity contribution < 1.29 is 9.53 Å². The van der Waals surface area contributed by atoms with Gasteiger partial charge in [0.25, 0.3) is 0 Å². The Balaban J connectivity index is 2.52. The maximum Gasteiger partial charge on any atom is 0.338 e. The molecule has 0 aliphatic heterocycles. The van der Waals surface area contributed by atoms with E-state index >= 15 is 0 Å². The molecular weight excluding hydrogens is 206 g/mol. The van der Waals surface area contributed by atoms with Crippen LogP contribution in [0.1, 0.15) is 10.4 Å². The topological polar surface area (TPSA) is 57.0 Å². The van der Waals surface area contributed by atoms with Crippen LogP contribution in [0.2, 0.25) is 0 Å². The van der Waals surface area contributed by atoms with Crippen molar-refractivity contribution in [3.63, 3.8) is 0 Å². The fraction of sp³-hybridized carbons (Fsp3) is 0.182. The van der Waals surface area contributed by atoms with Gasteiger partial charge in [0.15, 0.2) is 0 Å². The van der Waals surface area contributed by atoms with Crippen LogP contribution in [0.3, 0.4) is 0 Å². The van der Waals surface area contributed by atoms with Crippen molar-refractivity contribution in [3.05, 3.63) is 36.0 Å². The Morgan fingerprint density at radius 3 is 2.75 bits per heavy atom. The summed E-state index contributed by atoms with van der Waals surface area (Å²) in [6.07, 6.45) is 1.75. The lowest BCUT2D eigenvalue weighted by atomic mass is 10.1. The van der Waals surface area contributed by atoms with E-state index in [0.29, 0.717) is 11.3 Å². The average molecular weight is 217 g/mol. The Hall–Kier alpha value is -2.17. The number of ether oxygens (including phenoxy) is 1. The predicted octanol–water partition coefficient (Wildman–Crippen LogP) is 1.27. The molecule has 0 spiro atoms. The molecule has 0 saturated carbocycles. The van der Waals surface area contributed by atoms with Gasteiger partial charge in [-0.15, -0.1) is 5.10 Å². The van der Waals surface area contributed by atoms with Crippen LogP contribution < -0.4 is 0 Å². The van der Waals surface area contributed by atoms with Gasteiger partial charge in [0, 0.05) is 12.6 Å². The Morgan fingerprint density at radius 2 is 2.12 bits per heavy atom. The Kier molecular flexibility index (Phi) is 2.68. The molecule has 2 rings (SSSR count). The molecule has 1 heterocycles. The first-order chi connectivity index (χ1) is 7.72. The molecule has 82 valence electrons. The first-order valence-electron chi connectivity index (χ1n) is 4.76. The van der Waals surface area contributed by atoms with Gasteiger partial charge in [-0.3, -0.25) is 4.68 Å². The van der Waals surface area contributed by atoms with Crippen molar-refractivity contribution in [1.82, 2.24) is 15.0 Å². The minimum absolute atomic E-state index is 0.374. The molecule has 0 fully saturated rings.